The maximum absolute atomic E-state index is 9.40. The van der Waals surface area contributed by atoms with Crippen molar-refractivity contribution in [3.05, 3.63) is 6.33 Å². The van der Waals surface area contributed by atoms with Gasteiger partial charge in [0, 0.05) is 18.6 Å². The molecule has 0 bridgehead atoms. The van der Waals surface area contributed by atoms with Crippen LogP contribution in [0.1, 0.15) is 25.3 Å². The van der Waals surface area contributed by atoms with E-state index in [4.69, 9.17) is 11.5 Å². The lowest BCUT2D eigenvalue weighted by Gasteiger charge is -2.19. The van der Waals surface area contributed by atoms with Gasteiger partial charge in [-0.15, -0.1) is 0 Å². The van der Waals surface area contributed by atoms with Gasteiger partial charge in [0.25, 0.3) is 0 Å². The summed E-state index contributed by atoms with van der Waals surface area (Å²) in [5, 5.41) is 9.40. The number of nitrogens with zero attached hydrogens (tertiary/aromatic N) is 4. The SMILES string of the molecule is Nc1nc(N)c2ncn([C@H]3CCC[C@@H]3CO)c2n1. The summed E-state index contributed by atoms with van der Waals surface area (Å²) in [6, 6.07) is 0.216. The quantitative estimate of drug-likeness (QED) is 0.705. The van der Waals surface area contributed by atoms with Crippen molar-refractivity contribution in [2.45, 2.75) is 25.3 Å². The number of nitrogens with two attached hydrogens (primary N) is 2. The molecule has 96 valence electrons. The lowest BCUT2D eigenvalue weighted by atomic mass is 10.1. The van der Waals surface area contributed by atoms with Crippen molar-refractivity contribution >= 4 is 22.9 Å². The molecule has 0 aromatic carbocycles. The van der Waals surface area contributed by atoms with Gasteiger partial charge < -0.3 is 21.1 Å². The van der Waals surface area contributed by atoms with Crippen molar-refractivity contribution in [3.8, 4) is 0 Å². The van der Waals surface area contributed by atoms with Gasteiger partial charge in [0.15, 0.2) is 11.5 Å². The van der Waals surface area contributed by atoms with Crippen LogP contribution in [0, 0.1) is 5.92 Å². The zero-order chi connectivity index (χ0) is 12.7. The third-order valence-electron chi connectivity index (χ3n) is 3.68. The molecule has 0 amide bonds. The van der Waals surface area contributed by atoms with Gasteiger partial charge in [-0.25, -0.2) is 4.98 Å². The zero-order valence-electron chi connectivity index (χ0n) is 9.95. The molecule has 7 nitrogen and oxygen atoms in total. The summed E-state index contributed by atoms with van der Waals surface area (Å²) < 4.78 is 1.97. The molecule has 0 saturated heterocycles. The number of fused-ring (bicyclic) bond motifs is 1. The Kier molecular flexibility index (Phi) is 2.55. The highest BCUT2D eigenvalue weighted by Crippen LogP contribution is 2.37. The van der Waals surface area contributed by atoms with E-state index >= 15 is 0 Å². The van der Waals surface area contributed by atoms with Gasteiger partial charge in [-0.2, -0.15) is 9.97 Å². The average molecular weight is 248 g/mol. The minimum absolute atomic E-state index is 0.153. The number of anilines is 2. The molecule has 0 unspecified atom stereocenters. The van der Waals surface area contributed by atoms with E-state index in [-0.39, 0.29) is 24.5 Å². The van der Waals surface area contributed by atoms with Crippen molar-refractivity contribution in [1.82, 2.24) is 19.5 Å². The Bertz CT molecular complexity index is 580. The van der Waals surface area contributed by atoms with Gasteiger partial charge in [-0.1, -0.05) is 6.42 Å². The minimum atomic E-state index is 0.153. The fraction of sp³-hybridized carbons (Fsp3) is 0.545. The van der Waals surface area contributed by atoms with Gasteiger partial charge in [-0.3, -0.25) is 0 Å². The van der Waals surface area contributed by atoms with Gasteiger partial charge in [0.1, 0.15) is 5.52 Å². The Balaban J connectivity index is 2.12. The van der Waals surface area contributed by atoms with Gasteiger partial charge >= 0.3 is 0 Å². The van der Waals surface area contributed by atoms with E-state index in [2.05, 4.69) is 15.0 Å². The predicted octanol–water partition coefficient (Wildman–Crippen LogP) is 0.324. The highest BCUT2D eigenvalue weighted by molar-refractivity contribution is 5.82. The summed E-state index contributed by atoms with van der Waals surface area (Å²) >= 11 is 0. The van der Waals surface area contributed by atoms with E-state index in [0.717, 1.165) is 19.3 Å². The number of imidazole rings is 1. The van der Waals surface area contributed by atoms with Crippen molar-refractivity contribution in [3.63, 3.8) is 0 Å². The lowest BCUT2D eigenvalue weighted by molar-refractivity contribution is 0.197. The van der Waals surface area contributed by atoms with E-state index in [1.807, 2.05) is 4.57 Å². The van der Waals surface area contributed by atoms with Crippen LogP contribution in [0.5, 0.6) is 0 Å². The number of rotatable bonds is 2. The molecule has 18 heavy (non-hydrogen) atoms. The average Bonchev–Trinajstić information content (AvgIpc) is 2.93. The Labute approximate surface area is 104 Å². The van der Waals surface area contributed by atoms with Crippen LogP contribution in [0.2, 0.25) is 0 Å². The van der Waals surface area contributed by atoms with E-state index < -0.39 is 0 Å². The normalized spacial score (nSPS) is 23.8. The number of aliphatic hydroxyl groups is 1. The van der Waals surface area contributed by atoms with Crippen molar-refractivity contribution in [2.24, 2.45) is 5.92 Å². The molecular weight excluding hydrogens is 232 g/mol. The molecule has 1 aliphatic carbocycles. The zero-order valence-corrected chi connectivity index (χ0v) is 9.95. The predicted molar refractivity (Wildman–Crippen MR) is 67.6 cm³/mol. The summed E-state index contributed by atoms with van der Waals surface area (Å²) in [6.45, 7) is 0.181. The van der Waals surface area contributed by atoms with E-state index in [1.165, 1.54) is 0 Å². The monoisotopic (exact) mass is 248 g/mol. The summed E-state index contributed by atoms with van der Waals surface area (Å²) in [4.78, 5) is 12.4. The maximum atomic E-state index is 9.40. The van der Waals surface area contributed by atoms with Crippen molar-refractivity contribution < 1.29 is 5.11 Å². The molecule has 1 saturated carbocycles. The van der Waals surface area contributed by atoms with Crippen LogP contribution in [-0.4, -0.2) is 31.2 Å². The van der Waals surface area contributed by atoms with E-state index in [1.54, 1.807) is 6.33 Å². The second-order valence-corrected chi connectivity index (χ2v) is 4.73. The summed E-state index contributed by atoms with van der Waals surface area (Å²) in [7, 11) is 0. The molecular formula is C11H16N6O. The minimum Gasteiger partial charge on any atom is -0.396 e. The second kappa shape index (κ2) is 4.09. The first-order valence-corrected chi connectivity index (χ1v) is 6.07. The lowest BCUT2D eigenvalue weighted by Crippen LogP contribution is -2.17. The standard InChI is InChI=1S/C11H16N6O/c12-9-8-10(16-11(13)15-9)17(5-14-8)7-3-1-2-6(7)4-18/h5-7,18H,1-4H2,(H4,12,13,15,16)/t6-,7+/m1/s1. The fourth-order valence-corrected chi connectivity index (χ4v) is 2.80. The summed E-state index contributed by atoms with van der Waals surface area (Å²) in [5.41, 5.74) is 12.6. The molecule has 7 heteroatoms. The largest absolute Gasteiger partial charge is 0.396 e. The molecule has 0 spiro atoms. The van der Waals surface area contributed by atoms with Crippen LogP contribution >= 0.6 is 0 Å². The highest BCUT2D eigenvalue weighted by Gasteiger charge is 2.29. The maximum Gasteiger partial charge on any atom is 0.224 e. The molecule has 2 aromatic heterocycles. The number of nitrogen functional groups attached to an aromatic ring is 2. The molecule has 1 fully saturated rings. The number of hydrogen-bond donors (Lipinski definition) is 3. The van der Waals surface area contributed by atoms with Crippen LogP contribution in [0.3, 0.4) is 0 Å². The van der Waals surface area contributed by atoms with E-state index in [9.17, 15) is 5.11 Å². The van der Waals surface area contributed by atoms with Crippen LogP contribution < -0.4 is 11.5 Å². The topological polar surface area (TPSA) is 116 Å². The Morgan fingerprint density at radius 2 is 2.17 bits per heavy atom. The summed E-state index contributed by atoms with van der Waals surface area (Å²) in [6.07, 6.45) is 4.86. The van der Waals surface area contributed by atoms with Crippen molar-refractivity contribution in [2.75, 3.05) is 18.1 Å². The van der Waals surface area contributed by atoms with Gasteiger partial charge in [-0.05, 0) is 12.8 Å². The molecule has 5 N–H and O–H groups in total. The summed E-state index contributed by atoms with van der Waals surface area (Å²) in [5.74, 6) is 0.704. The van der Waals surface area contributed by atoms with Crippen molar-refractivity contribution in [1.29, 1.82) is 0 Å². The first kappa shape index (κ1) is 11.2. The Morgan fingerprint density at radius 3 is 2.94 bits per heavy atom. The van der Waals surface area contributed by atoms with Crippen LogP contribution in [0.4, 0.5) is 11.8 Å². The second-order valence-electron chi connectivity index (χ2n) is 4.73. The first-order chi connectivity index (χ1) is 8.70. The van der Waals surface area contributed by atoms with Crippen LogP contribution in [-0.2, 0) is 0 Å². The number of aromatic nitrogens is 4. The number of aliphatic hydroxyl groups excluding tert-OH is 1. The molecule has 0 aliphatic heterocycles. The molecule has 0 radical (unpaired) electrons. The highest BCUT2D eigenvalue weighted by atomic mass is 16.3. The third-order valence-corrected chi connectivity index (χ3v) is 3.68. The Hall–Kier alpha value is -1.89. The Morgan fingerprint density at radius 1 is 1.33 bits per heavy atom. The van der Waals surface area contributed by atoms with Gasteiger partial charge in [0.05, 0.1) is 6.33 Å². The van der Waals surface area contributed by atoms with Gasteiger partial charge in [0.2, 0.25) is 5.95 Å². The number of hydrogen-bond acceptors (Lipinski definition) is 6. The third kappa shape index (κ3) is 1.59. The van der Waals surface area contributed by atoms with Crippen LogP contribution in [0.15, 0.2) is 6.33 Å². The molecule has 2 atom stereocenters. The fourth-order valence-electron chi connectivity index (χ4n) is 2.80. The molecule has 2 heterocycles. The van der Waals surface area contributed by atoms with Crippen LogP contribution in [0.25, 0.3) is 11.2 Å². The smallest absolute Gasteiger partial charge is 0.224 e. The molecule has 3 rings (SSSR count). The van der Waals surface area contributed by atoms with E-state index in [0.29, 0.717) is 17.0 Å². The first-order valence-electron chi connectivity index (χ1n) is 6.07. The molecule has 2 aromatic rings. The molecule has 1 aliphatic rings.